The molecule has 0 radical (unpaired) electrons. The Morgan fingerprint density at radius 2 is 2.11 bits per heavy atom. The van der Waals surface area contributed by atoms with E-state index >= 15 is 0 Å². The average Bonchev–Trinajstić information content (AvgIpc) is 2.84. The zero-order valence-electron chi connectivity index (χ0n) is 10.0. The van der Waals surface area contributed by atoms with E-state index in [1.807, 2.05) is 30.5 Å². The van der Waals surface area contributed by atoms with E-state index in [9.17, 15) is 0 Å². The summed E-state index contributed by atoms with van der Waals surface area (Å²) >= 11 is 3.55. The third-order valence-electron chi connectivity index (χ3n) is 3.10. The molecule has 0 atom stereocenters. The fourth-order valence-corrected chi connectivity index (χ4v) is 2.66. The summed E-state index contributed by atoms with van der Waals surface area (Å²) in [5, 5.41) is 10.2. The van der Waals surface area contributed by atoms with Crippen LogP contribution in [-0.2, 0) is 6.54 Å². The normalized spacial score (nSPS) is 10.5. The standard InChI is InChI=1S/C15H10BrN3/c16-13-4-1-5-15-12(13)6-8-19(15)10-11-3-2-7-18-14(11)9-17/h1-8H,10H2. The molecule has 2 heterocycles. The molecule has 3 aromatic rings. The molecular formula is C15H10BrN3. The largest absolute Gasteiger partial charge is 0.343 e. The maximum atomic E-state index is 9.08. The first kappa shape index (κ1) is 11.9. The minimum atomic E-state index is 0.486. The van der Waals surface area contributed by atoms with Crippen molar-refractivity contribution in [2.75, 3.05) is 0 Å². The zero-order valence-corrected chi connectivity index (χ0v) is 11.6. The van der Waals surface area contributed by atoms with Gasteiger partial charge in [-0.15, -0.1) is 0 Å². The number of hydrogen-bond acceptors (Lipinski definition) is 2. The quantitative estimate of drug-likeness (QED) is 0.724. The highest BCUT2D eigenvalue weighted by atomic mass is 79.9. The molecule has 4 heteroatoms. The van der Waals surface area contributed by atoms with Gasteiger partial charge in [-0.05, 0) is 24.3 Å². The smallest absolute Gasteiger partial charge is 0.145 e. The van der Waals surface area contributed by atoms with Crippen LogP contribution in [0, 0.1) is 11.3 Å². The molecule has 0 saturated heterocycles. The van der Waals surface area contributed by atoms with Crippen molar-refractivity contribution in [3.63, 3.8) is 0 Å². The van der Waals surface area contributed by atoms with Crippen LogP contribution in [0.15, 0.2) is 53.3 Å². The molecule has 19 heavy (non-hydrogen) atoms. The Morgan fingerprint density at radius 1 is 1.21 bits per heavy atom. The highest BCUT2D eigenvalue weighted by Gasteiger charge is 2.07. The third kappa shape index (κ3) is 2.13. The van der Waals surface area contributed by atoms with Crippen LogP contribution in [0.2, 0.25) is 0 Å². The van der Waals surface area contributed by atoms with E-state index in [2.05, 4.69) is 43.7 Å². The second-order valence-electron chi connectivity index (χ2n) is 4.24. The van der Waals surface area contributed by atoms with Crippen molar-refractivity contribution in [1.82, 2.24) is 9.55 Å². The Balaban J connectivity index is 2.07. The molecule has 0 bridgehead atoms. The van der Waals surface area contributed by atoms with Crippen LogP contribution in [0.4, 0.5) is 0 Å². The molecule has 1 aromatic carbocycles. The summed E-state index contributed by atoms with van der Waals surface area (Å²) in [6.07, 6.45) is 3.68. The van der Waals surface area contributed by atoms with Gasteiger partial charge in [0.1, 0.15) is 11.8 Å². The average molecular weight is 312 g/mol. The van der Waals surface area contributed by atoms with E-state index in [0.717, 1.165) is 15.6 Å². The minimum absolute atomic E-state index is 0.486. The van der Waals surface area contributed by atoms with Crippen molar-refractivity contribution in [3.05, 3.63) is 64.5 Å². The third-order valence-corrected chi connectivity index (χ3v) is 3.79. The molecule has 0 aliphatic carbocycles. The number of pyridine rings is 1. The van der Waals surface area contributed by atoms with Crippen molar-refractivity contribution in [1.29, 1.82) is 5.26 Å². The SMILES string of the molecule is N#Cc1ncccc1Cn1ccc2c(Br)cccc21. The van der Waals surface area contributed by atoms with Crippen LogP contribution >= 0.6 is 15.9 Å². The lowest BCUT2D eigenvalue weighted by Gasteiger charge is -2.07. The first-order valence-corrected chi connectivity index (χ1v) is 6.66. The van der Waals surface area contributed by atoms with Gasteiger partial charge in [-0.25, -0.2) is 4.98 Å². The van der Waals surface area contributed by atoms with Gasteiger partial charge in [-0.1, -0.05) is 28.1 Å². The first-order valence-electron chi connectivity index (χ1n) is 5.87. The van der Waals surface area contributed by atoms with Gasteiger partial charge in [0.05, 0.1) is 6.54 Å². The molecule has 0 spiro atoms. The number of benzene rings is 1. The summed E-state index contributed by atoms with van der Waals surface area (Å²) in [7, 11) is 0. The van der Waals surface area contributed by atoms with Crippen LogP contribution in [-0.4, -0.2) is 9.55 Å². The molecule has 0 amide bonds. The van der Waals surface area contributed by atoms with E-state index in [-0.39, 0.29) is 0 Å². The Hall–Kier alpha value is -2.12. The number of rotatable bonds is 2. The Bertz CT molecular complexity index is 783. The van der Waals surface area contributed by atoms with E-state index < -0.39 is 0 Å². The van der Waals surface area contributed by atoms with Crippen molar-refractivity contribution >= 4 is 26.8 Å². The van der Waals surface area contributed by atoms with E-state index in [4.69, 9.17) is 5.26 Å². The molecule has 92 valence electrons. The minimum Gasteiger partial charge on any atom is -0.343 e. The van der Waals surface area contributed by atoms with Crippen LogP contribution < -0.4 is 0 Å². The Labute approximate surface area is 119 Å². The van der Waals surface area contributed by atoms with Gasteiger partial charge in [0, 0.05) is 33.3 Å². The highest BCUT2D eigenvalue weighted by molar-refractivity contribution is 9.10. The summed E-state index contributed by atoms with van der Waals surface area (Å²) in [5.74, 6) is 0. The summed E-state index contributed by atoms with van der Waals surface area (Å²) in [6.45, 7) is 0.649. The van der Waals surface area contributed by atoms with Crippen LogP contribution in [0.25, 0.3) is 10.9 Å². The van der Waals surface area contributed by atoms with Gasteiger partial charge in [0.2, 0.25) is 0 Å². The summed E-state index contributed by atoms with van der Waals surface area (Å²) in [6, 6.07) is 14.1. The number of hydrogen-bond donors (Lipinski definition) is 0. The molecule has 0 aliphatic heterocycles. The van der Waals surface area contributed by atoms with Crippen LogP contribution in [0.1, 0.15) is 11.3 Å². The van der Waals surface area contributed by atoms with Gasteiger partial charge in [0.15, 0.2) is 0 Å². The molecule has 0 N–H and O–H groups in total. The maximum Gasteiger partial charge on any atom is 0.145 e. The van der Waals surface area contributed by atoms with Gasteiger partial charge in [0.25, 0.3) is 0 Å². The Kier molecular flexibility index (Phi) is 3.06. The number of halogens is 1. The topological polar surface area (TPSA) is 41.6 Å². The number of aromatic nitrogens is 2. The van der Waals surface area contributed by atoms with Crippen molar-refractivity contribution in [2.24, 2.45) is 0 Å². The molecule has 3 nitrogen and oxygen atoms in total. The molecule has 0 fully saturated rings. The lowest BCUT2D eigenvalue weighted by atomic mass is 10.2. The second kappa shape index (κ2) is 4.87. The predicted octanol–water partition coefficient (Wildman–Crippen LogP) is 3.72. The summed E-state index contributed by atoms with van der Waals surface area (Å²) in [4.78, 5) is 4.09. The molecule has 2 aromatic heterocycles. The van der Waals surface area contributed by atoms with Crippen molar-refractivity contribution in [3.8, 4) is 6.07 Å². The molecule has 0 saturated carbocycles. The number of fused-ring (bicyclic) bond motifs is 1. The fraction of sp³-hybridized carbons (Fsp3) is 0.0667. The second-order valence-corrected chi connectivity index (χ2v) is 5.09. The monoisotopic (exact) mass is 311 g/mol. The fourth-order valence-electron chi connectivity index (χ4n) is 2.17. The highest BCUT2D eigenvalue weighted by Crippen LogP contribution is 2.25. The summed E-state index contributed by atoms with van der Waals surface area (Å²) in [5.41, 5.74) is 2.56. The number of nitrogens with zero attached hydrogens (tertiary/aromatic N) is 3. The lowest BCUT2D eigenvalue weighted by molar-refractivity contribution is 0.828. The van der Waals surface area contributed by atoms with Gasteiger partial charge < -0.3 is 4.57 Å². The van der Waals surface area contributed by atoms with Crippen molar-refractivity contribution < 1.29 is 0 Å². The molecular weight excluding hydrogens is 302 g/mol. The molecule has 3 rings (SSSR count). The Morgan fingerprint density at radius 3 is 2.95 bits per heavy atom. The zero-order chi connectivity index (χ0) is 13.2. The van der Waals surface area contributed by atoms with E-state index in [1.165, 1.54) is 5.39 Å². The molecule has 0 unspecified atom stereocenters. The van der Waals surface area contributed by atoms with Crippen molar-refractivity contribution in [2.45, 2.75) is 6.54 Å². The van der Waals surface area contributed by atoms with Gasteiger partial charge in [-0.2, -0.15) is 5.26 Å². The first-order chi connectivity index (χ1) is 9.29. The number of nitriles is 1. The molecule has 0 aliphatic rings. The van der Waals surface area contributed by atoms with Crippen LogP contribution in [0.5, 0.6) is 0 Å². The van der Waals surface area contributed by atoms with E-state index in [0.29, 0.717) is 12.2 Å². The lowest BCUT2D eigenvalue weighted by Crippen LogP contribution is -2.01. The van der Waals surface area contributed by atoms with Crippen LogP contribution in [0.3, 0.4) is 0 Å². The van der Waals surface area contributed by atoms with E-state index in [1.54, 1.807) is 6.20 Å². The van der Waals surface area contributed by atoms with Gasteiger partial charge >= 0.3 is 0 Å². The summed E-state index contributed by atoms with van der Waals surface area (Å²) < 4.78 is 3.20. The maximum absolute atomic E-state index is 9.08. The van der Waals surface area contributed by atoms with Gasteiger partial charge in [-0.3, -0.25) is 0 Å². The predicted molar refractivity (Wildman–Crippen MR) is 77.7 cm³/mol.